The molecule has 0 unspecified atom stereocenters. The predicted octanol–water partition coefficient (Wildman–Crippen LogP) is 0.932. The SMILES string of the molecule is CCCc1cc2n[nH]c(=O)n2c(CC)n1. The second-order valence-corrected chi connectivity index (χ2v) is 3.49. The van der Waals surface area contributed by atoms with Crippen molar-refractivity contribution in [3.8, 4) is 0 Å². The number of aromatic nitrogens is 4. The Labute approximate surface area is 87.2 Å². The Kier molecular flexibility index (Phi) is 2.53. The molecule has 0 fully saturated rings. The molecule has 0 saturated carbocycles. The maximum atomic E-state index is 11.4. The van der Waals surface area contributed by atoms with Crippen molar-refractivity contribution in [3.63, 3.8) is 0 Å². The van der Waals surface area contributed by atoms with Crippen LogP contribution in [0.3, 0.4) is 0 Å². The van der Waals surface area contributed by atoms with Crippen LogP contribution in [-0.4, -0.2) is 19.6 Å². The summed E-state index contributed by atoms with van der Waals surface area (Å²) in [6.45, 7) is 4.09. The summed E-state index contributed by atoms with van der Waals surface area (Å²) in [6.07, 6.45) is 2.69. The van der Waals surface area contributed by atoms with Crippen molar-refractivity contribution >= 4 is 5.65 Å². The largest absolute Gasteiger partial charge is 0.349 e. The fourth-order valence-electron chi connectivity index (χ4n) is 1.67. The van der Waals surface area contributed by atoms with Gasteiger partial charge < -0.3 is 0 Å². The Morgan fingerprint density at radius 1 is 1.47 bits per heavy atom. The van der Waals surface area contributed by atoms with Crippen molar-refractivity contribution in [2.45, 2.75) is 33.1 Å². The summed E-state index contributed by atoms with van der Waals surface area (Å²) in [4.78, 5) is 15.9. The third kappa shape index (κ3) is 1.65. The zero-order chi connectivity index (χ0) is 10.8. The lowest BCUT2D eigenvalue weighted by Crippen LogP contribution is -2.15. The molecule has 0 spiro atoms. The molecule has 0 atom stereocenters. The third-order valence-electron chi connectivity index (χ3n) is 2.35. The van der Waals surface area contributed by atoms with Crippen LogP contribution in [0.5, 0.6) is 0 Å². The molecule has 0 saturated heterocycles. The molecule has 1 N–H and O–H groups in total. The van der Waals surface area contributed by atoms with Gasteiger partial charge in [0.2, 0.25) is 0 Å². The standard InChI is InChI=1S/C10H14N4O/c1-3-5-7-6-9-12-13-10(15)14(9)8(4-2)11-7/h6H,3-5H2,1-2H3,(H,13,15). The molecule has 0 aliphatic heterocycles. The number of hydrogen-bond acceptors (Lipinski definition) is 3. The summed E-state index contributed by atoms with van der Waals surface area (Å²) < 4.78 is 1.53. The van der Waals surface area contributed by atoms with Crippen molar-refractivity contribution in [2.75, 3.05) is 0 Å². The molecule has 2 heterocycles. The van der Waals surface area contributed by atoms with E-state index in [4.69, 9.17) is 0 Å². The van der Waals surface area contributed by atoms with Crippen molar-refractivity contribution in [1.29, 1.82) is 0 Å². The zero-order valence-corrected chi connectivity index (χ0v) is 8.95. The number of aromatic amines is 1. The molecular formula is C10H14N4O. The van der Waals surface area contributed by atoms with Gasteiger partial charge in [-0.25, -0.2) is 19.3 Å². The van der Waals surface area contributed by atoms with Gasteiger partial charge in [-0.05, 0) is 6.42 Å². The average Bonchev–Trinajstić information content (AvgIpc) is 2.60. The smallest absolute Gasteiger partial charge is 0.246 e. The summed E-state index contributed by atoms with van der Waals surface area (Å²) in [5, 5.41) is 6.39. The fraction of sp³-hybridized carbons (Fsp3) is 0.500. The van der Waals surface area contributed by atoms with Crippen LogP contribution in [-0.2, 0) is 12.8 Å². The number of aryl methyl sites for hydroxylation is 2. The molecule has 0 amide bonds. The lowest BCUT2D eigenvalue weighted by molar-refractivity contribution is 0.808. The molecule has 0 radical (unpaired) electrons. The Morgan fingerprint density at radius 3 is 2.93 bits per heavy atom. The van der Waals surface area contributed by atoms with Gasteiger partial charge in [0.25, 0.3) is 0 Å². The van der Waals surface area contributed by atoms with E-state index in [2.05, 4.69) is 22.1 Å². The number of fused-ring (bicyclic) bond motifs is 1. The van der Waals surface area contributed by atoms with Gasteiger partial charge in [-0.1, -0.05) is 20.3 Å². The maximum absolute atomic E-state index is 11.4. The van der Waals surface area contributed by atoms with Crippen molar-refractivity contribution in [1.82, 2.24) is 19.6 Å². The van der Waals surface area contributed by atoms with E-state index in [1.807, 2.05) is 13.0 Å². The van der Waals surface area contributed by atoms with Crippen LogP contribution in [0.15, 0.2) is 10.9 Å². The second kappa shape index (κ2) is 3.84. The Balaban J connectivity index is 2.67. The molecule has 0 aliphatic rings. The molecule has 0 bridgehead atoms. The average molecular weight is 206 g/mol. The van der Waals surface area contributed by atoms with Gasteiger partial charge in [-0.3, -0.25) is 0 Å². The zero-order valence-electron chi connectivity index (χ0n) is 8.95. The van der Waals surface area contributed by atoms with Crippen LogP contribution in [0.4, 0.5) is 0 Å². The lowest BCUT2D eigenvalue weighted by Gasteiger charge is -2.03. The van der Waals surface area contributed by atoms with Crippen LogP contribution in [0.1, 0.15) is 31.8 Å². The monoisotopic (exact) mass is 206 g/mol. The van der Waals surface area contributed by atoms with E-state index in [0.29, 0.717) is 5.65 Å². The first kappa shape index (κ1) is 9.89. The number of rotatable bonds is 3. The number of hydrogen-bond donors (Lipinski definition) is 1. The Bertz CT molecular complexity index is 526. The maximum Gasteiger partial charge on any atom is 0.349 e. The van der Waals surface area contributed by atoms with Gasteiger partial charge in [0, 0.05) is 18.2 Å². The first-order valence-corrected chi connectivity index (χ1v) is 5.22. The molecule has 2 aromatic rings. The van der Waals surface area contributed by atoms with Gasteiger partial charge in [0.1, 0.15) is 5.82 Å². The molecule has 5 nitrogen and oxygen atoms in total. The first-order valence-electron chi connectivity index (χ1n) is 5.22. The van der Waals surface area contributed by atoms with Gasteiger partial charge >= 0.3 is 5.69 Å². The minimum atomic E-state index is -0.211. The minimum Gasteiger partial charge on any atom is -0.246 e. The van der Waals surface area contributed by atoms with Crippen LogP contribution in [0.2, 0.25) is 0 Å². The van der Waals surface area contributed by atoms with Crippen LogP contribution < -0.4 is 5.69 Å². The molecule has 80 valence electrons. The molecule has 2 rings (SSSR count). The summed E-state index contributed by atoms with van der Waals surface area (Å²) >= 11 is 0. The second-order valence-electron chi connectivity index (χ2n) is 3.49. The van der Waals surface area contributed by atoms with Crippen LogP contribution in [0, 0.1) is 0 Å². The van der Waals surface area contributed by atoms with Gasteiger partial charge in [0.15, 0.2) is 5.65 Å². The normalized spacial score (nSPS) is 11.1. The predicted molar refractivity (Wildman–Crippen MR) is 57.0 cm³/mol. The Hall–Kier alpha value is -1.65. The van der Waals surface area contributed by atoms with Crippen LogP contribution >= 0.6 is 0 Å². The summed E-state index contributed by atoms with van der Waals surface area (Å²) in [6, 6.07) is 1.86. The van der Waals surface area contributed by atoms with E-state index in [9.17, 15) is 4.79 Å². The summed E-state index contributed by atoms with van der Waals surface area (Å²) in [5.74, 6) is 0.773. The highest BCUT2D eigenvalue weighted by atomic mass is 16.1. The molecule has 5 heteroatoms. The fourth-order valence-corrected chi connectivity index (χ4v) is 1.67. The van der Waals surface area contributed by atoms with E-state index in [-0.39, 0.29) is 5.69 Å². The molecule has 15 heavy (non-hydrogen) atoms. The highest BCUT2D eigenvalue weighted by Gasteiger charge is 2.07. The van der Waals surface area contributed by atoms with Gasteiger partial charge in [-0.2, -0.15) is 5.10 Å². The number of H-pyrrole nitrogens is 1. The first-order chi connectivity index (χ1) is 7.26. The lowest BCUT2D eigenvalue weighted by atomic mass is 10.2. The molecule has 0 aromatic carbocycles. The van der Waals surface area contributed by atoms with E-state index >= 15 is 0 Å². The van der Waals surface area contributed by atoms with Crippen molar-refractivity contribution < 1.29 is 0 Å². The third-order valence-corrected chi connectivity index (χ3v) is 2.35. The molecule has 2 aromatic heterocycles. The summed E-state index contributed by atoms with van der Waals surface area (Å²) in [7, 11) is 0. The number of nitrogens with zero attached hydrogens (tertiary/aromatic N) is 3. The van der Waals surface area contributed by atoms with E-state index < -0.39 is 0 Å². The van der Waals surface area contributed by atoms with Crippen LogP contribution in [0.25, 0.3) is 5.65 Å². The molecule has 0 aliphatic carbocycles. The quantitative estimate of drug-likeness (QED) is 0.812. The number of nitrogens with one attached hydrogen (secondary N) is 1. The Morgan fingerprint density at radius 2 is 2.27 bits per heavy atom. The van der Waals surface area contributed by atoms with E-state index in [1.165, 1.54) is 4.40 Å². The van der Waals surface area contributed by atoms with Crippen molar-refractivity contribution in [2.24, 2.45) is 0 Å². The van der Waals surface area contributed by atoms with Crippen molar-refractivity contribution in [3.05, 3.63) is 28.1 Å². The summed E-state index contributed by atoms with van der Waals surface area (Å²) in [5.41, 5.74) is 1.45. The van der Waals surface area contributed by atoms with E-state index in [1.54, 1.807) is 0 Å². The van der Waals surface area contributed by atoms with E-state index in [0.717, 1.165) is 30.8 Å². The minimum absolute atomic E-state index is 0.211. The highest BCUT2D eigenvalue weighted by molar-refractivity contribution is 5.38. The topological polar surface area (TPSA) is 63.0 Å². The van der Waals surface area contributed by atoms with Gasteiger partial charge in [-0.15, -0.1) is 0 Å². The highest BCUT2D eigenvalue weighted by Crippen LogP contribution is 2.06. The molecular weight excluding hydrogens is 192 g/mol. The van der Waals surface area contributed by atoms with Gasteiger partial charge in [0.05, 0.1) is 0 Å².